The molecule has 72 valence electrons. The van der Waals surface area contributed by atoms with Gasteiger partial charge in [-0.3, -0.25) is 4.79 Å². The van der Waals surface area contributed by atoms with Crippen molar-refractivity contribution in [2.75, 3.05) is 25.0 Å². The molecular formula is C8H14N4O. The second-order valence-corrected chi connectivity index (χ2v) is 2.55. The smallest absolute Gasteiger partial charge is 0.290 e. The molecule has 0 saturated heterocycles. The van der Waals surface area contributed by atoms with Crippen LogP contribution in [0.2, 0.25) is 0 Å². The molecule has 5 heteroatoms. The molecule has 5 nitrogen and oxygen atoms in total. The molecule has 0 radical (unpaired) electrons. The summed E-state index contributed by atoms with van der Waals surface area (Å²) in [6, 6.07) is 0. The summed E-state index contributed by atoms with van der Waals surface area (Å²) in [4.78, 5) is 17.5. The number of nitrogens with one attached hydrogen (secondary N) is 3. The Morgan fingerprint density at radius 3 is 3.08 bits per heavy atom. The number of hydrogen-bond donors (Lipinski definition) is 3. The van der Waals surface area contributed by atoms with Crippen molar-refractivity contribution in [1.82, 2.24) is 15.3 Å². The third kappa shape index (κ3) is 3.25. The zero-order valence-corrected chi connectivity index (χ0v) is 7.63. The first-order valence-corrected chi connectivity index (χ1v) is 4.33. The molecule has 0 aromatic carbocycles. The van der Waals surface area contributed by atoms with E-state index in [1.807, 2.05) is 6.92 Å². The molecule has 0 amide bonds. The van der Waals surface area contributed by atoms with Crippen molar-refractivity contribution in [3.63, 3.8) is 0 Å². The topological polar surface area (TPSA) is 69.8 Å². The van der Waals surface area contributed by atoms with Gasteiger partial charge in [0, 0.05) is 25.5 Å². The van der Waals surface area contributed by atoms with E-state index in [4.69, 9.17) is 0 Å². The Kier molecular flexibility index (Phi) is 3.98. The molecule has 3 N–H and O–H groups in total. The lowest BCUT2D eigenvalue weighted by Gasteiger charge is -2.03. The standard InChI is InChI=1S/C8H14N4O/c1-2-9-3-4-10-7-8(13)12-6-5-11-7/h5-6,9H,2-4H2,1H3,(H,10,11)(H,12,13). The lowest BCUT2D eigenvalue weighted by molar-refractivity contribution is 0.737. The number of likely N-dealkylation sites (N-methyl/N-ethyl adjacent to an activating group) is 1. The second-order valence-electron chi connectivity index (χ2n) is 2.55. The van der Waals surface area contributed by atoms with E-state index in [0.717, 1.165) is 13.1 Å². The zero-order valence-electron chi connectivity index (χ0n) is 7.63. The van der Waals surface area contributed by atoms with Crippen LogP contribution in [0.15, 0.2) is 17.2 Å². The van der Waals surface area contributed by atoms with E-state index in [9.17, 15) is 4.79 Å². The zero-order chi connectivity index (χ0) is 9.52. The first-order valence-electron chi connectivity index (χ1n) is 4.33. The predicted molar refractivity (Wildman–Crippen MR) is 51.9 cm³/mol. The Bertz CT molecular complexity index is 296. The molecule has 1 heterocycles. The molecule has 1 aromatic heterocycles. The largest absolute Gasteiger partial charge is 0.364 e. The van der Waals surface area contributed by atoms with Crippen LogP contribution in [0, 0.1) is 0 Å². The normalized spacial score (nSPS) is 9.92. The molecule has 0 saturated carbocycles. The van der Waals surface area contributed by atoms with Crippen LogP contribution >= 0.6 is 0 Å². The van der Waals surface area contributed by atoms with Gasteiger partial charge in [0.05, 0.1) is 0 Å². The highest BCUT2D eigenvalue weighted by atomic mass is 16.1. The van der Waals surface area contributed by atoms with E-state index in [1.165, 1.54) is 6.20 Å². The van der Waals surface area contributed by atoms with Crippen LogP contribution in [0.5, 0.6) is 0 Å². The average molecular weight is 182 g/mol. The maximum Gasteiger partial charge on any atom is 0.290 e. The van der Waals surface area contributed by atoms with Gasteiger partial charge in [0.25, 0.3) is 5.56 Å². The maximum atomic E-state index is 11.1. The van der Waals surface area contributed by atoms with Crippen molar-refractivity contribution in [1.29, 1.82) is 0 Å². The molecule has 0 bridgehead atoms. The van der Waals surface area contributed by atoms with E-state index in [2.05, 4.69) is 20.6 Å². The first kappa shape index (κ1) is 9.73. The fraction of sp³-hybridized carbons (Fsp3) is 0.500. The molecule has 0 aliphatic heterocycles. The van der Waals surface area contributed by atoms with Gasteiger partial charge in [-0.05, 0) is 6.54 Å². The quantitative estimate of drug-likeness (QED) is 0.551. The molecular weight excluding hydrogens is 168 g/mol. The van der Waals surface area contributed by atoms with Crippen LogP contribution in [0.3, 0.4) is 0 Å². The SMILES string of the molecule is CCNCCNc1ncc[nH]c1=O. The summed E-state index contributed by atoms with van der Waals surface area (Å²) in [6.45, 7) is 4.49. The Balaban J connectivity index is 2.37. The Morgan fingerprint density at radius 1 is 1.54 bits per heavy atom. The minimum absolute atomic E-state index is 0.181. The van der Waals surface area contributed by atoms with E-state index >= 15 is 0 Å². The molecule has 1 rings (SSSR count). The maximum absolute atomic E-state index is 11.1. The van der Waals surface area contributed by atoms with Crippen molar-refractivity contribution < 1.29 is 0 Å². The fourth-order valence-corrected chi connectivity index (χ4v) is 0.924. The number of rotatable bonds is 5. The van der Waals surface area contributed by atoms with Crippen molar-refractivity contribution in [2.45, 2.75) is 6.92 Å². The van der Waals surface area contributed by atoms with Crippen molar-refractivity contribution in [3.05, 3.63) is 22.7 Å². The van der Waals surface area contributed by atoms with Crippen molar-refractivity contribution in [3.8, 4) is 0 Å². The summed E-state index contributed by atoms with van der Waals surface area (Å²) < 4.78 is 0. The van der Waals surface area contributed by atoms with Crippen LogP contribution in [-0.4, -0.2) is 29.6 Å². The Hall–Kier alpha value is -1.36. The lowest BCUT2D eigenvalue weighted by atomic mass is 10.5. The molecule has 0 unspecified atom stereocenters. The molecule has 0 aliphatic rings. The van der Waals surface area contributed by atoms with E-state index < -0.39 is 0 Å². The van der Waals surface area contributed by atoms with Crippen LogP contribution in [0.25, 0.3) is 0 Å². The minimum Gasteiger partial charge on any atom is -0.364 e. The van der Waals surface area contributed by atoms with Gasteiger partial charge in [0.15, 0.2) is 5.82 Å². The van der Waals surface area contributed by atoms with Crippen LogP contribution in [-0.2, 0) is 0 Å². The van der Waals surface area contributed by atoms with Crippen LogP contribution in [0.4, 0.5) is 5.82 Å². The number of nitrogens with zero attached hydrogens (tertiary/aromatic N) is 1. The Labute approximate surface area is 76.6 Å². The summed E-state index contributed by atoms with van der Waals surface area (Å²) >= 11 is 0. The van der Waals surface area contributed by atoms with E-state index in [-0.39, 0.29) is 5.56 Å². The van der Waals surface area contributed by atoms with Gasteiger partial charge in [0.2, 0.25) is 0 Å². The summed E-state index contributed by atoms with van der Waals surface area (Å²) in [6.07, 6.45) is 3.06. The number of hydrogen-bond acceptors (Lipinski definition) is 4. The third-order valence-corrected chi connectivity index (χ3v) is 1.55. The first-order chi connectivity index (χ1) is 6.34. The van der Waals surface area contributed by atoms with E-state index in [1.54, 1.807) is 6.20 Å². The minimum atomic E-state index is -0.181. The summed E-state index contributed by atoms with van der Waals surface area (Å²) in [5, 5.41) is 6.07. The summed E-state index contributed by atoms with van der Waals surface area (Å²) in [5.74, 6) is 0.375. The fourth-order valence-electron chi connectivity index (χ4n) is 0.924. The van der Waals surface area contributed by atoms with Gasteiger partial charge in [-0.25, -0.2) is 4.98 Å². The molecule has 0 fully saturated rings. The monoisotopic (exact) mass is 182 g/mol. The predicted octanol–water partition coefficient (Wildman–Crippen LogP) is -0.209. The molecule has 1 aromatic rings. The molecule has 0 atom stereocenters. The summed E-state index contributed by atoms with van der Waals surface area (Å²) in [5.41, 5.74) is -0.181. The van der Waals surface area contributed by atoms with Crippen LogP contribution < -0.4 is 16.2 Å². The lowest BCUT2D eigenvalue weighted by Crippen LogP contribution is -2.24. The molecule has 0 aliphatic carbocycles. The molecule has 0 spiro atoms. The third-order valence-electron chi connectivity index (χ3n) is 1.55. The van der Waals surface area contributed by atoms with Gasteiger partial charge in [0.1, 0.15) is 0 Å². The number of anilines is 1. The van der Waals surface area contributed by atoms with Crippen molar-refractivity contribution >= 4 is 5.82 Å². The number of aromatic nitrogens is 2. The van der Waals surface area contributed by atoms with Crippen LogP contribution in [0.1, 0.15) is 6.92 Å². The van der Waals surface area contributed by atoms with Gasteiger partial charge < -0.3 is 15.6 Å². The van der Waals surface area contributed by atoms with Gasteiger partial charge in [-0.15, -0.1) is 0 Å². The van der Waals surface area contributed by atoms with Gasteiger partial charge in [-0.2, -0.15) is 0 Å². The Morgan fingerprint density at radius 2 is 2.38 bits per heavy atom. The van der Waals surface area contributed by atoms with Gasteiger partial charge in [-0.1, -0.05) is 6.92 Å². The average Bonchev–Trinajstić information content (AvgIpc) is 2.15. The highest BCUT2D eigenvalue weighted by Gasteiger charge is 1.96. The molecule has 13 heavy (non-hydrogen) atoms. The highest BCUT2D eigenvalue weighted by molar-refractivity contribution is 5.29. The number of aromatic amines is 1. The highest BCUT2D eigenvalue weighted by Crippen LogP contribution is 1.86. The van der Waals surface area contributed by atoms with E-state index in [0.29, 0.717) is 12.4 Å². The summed E-state index contributed by atoms with van der Waals surface area (Å²) in [7, 11) is 0. The van der Waals surface area contributed by atoms with Gasteiger partial charge >= 0.3 is 0 Å². The second kappa shape index (κ2) is 5.31. The number of H-pyrrole nitrogens is 1. The van der Waals surface area contributed by atoms with Crippen molar-refractivity contribution in [2.24, 2.45) is 0 Å².